The van der Waals surface area contributed by atoms with Crippen molar-refractivity contribution in [1.29, 1.82) is 0 Å². The number of aliphatic hydroxyl groups is 1. The summed E-state index contributed by atoms with van der Waals surface area (Å²) < 4.78 is 0. The third kappa shape index (κ3) is 8.81. The number of carbonyl (C=O) groups excluding carboxylic acids is 2. The van der Waals surface area contributed by atoms with Crippen LogP contribution in [0.3, 0.4) is 0 Å². The molecule has 4 nitrogen and oxygen atoms in total. The van der Waals surface area contributed by atoms with E-state index in [0.29, 0.717) is 25.0 Å². The van der Waals surface area contributed by atoms with E-state index >= 15 is 0 Å². The zero-order valence-electron chi connectivity index (χ0n) is 15.6. The predicted molar refractivity (Wildman–Crippen MR) is 97.9 cm³/mol. The zero-order valence-corrected chi connectivity index (χ0v) is 15.6. The van der Waals surface area contributed by atoms with Gasteiger partial charge in [0, 0.05) is 38.5 Å². The van der Waals surface area contributed by atoms with E-state index in [2.05, 4.69) is 11.8 Å². The number of piperidine rings is 1. The number of nitrogens with zero attached hydrogens (tertiary/aromatic N) is 1. The van der Waals surface area contributed by atoms with Crippen LogP contribution in [-0.4, -0.2) is 40.9 Å². The van der Waals surface area contributed by atoms with Crippen LogP contribution in [0.1, 0.15) is 96.8 Å². The Labute approximate surface area is 148 Å². The van der Waals surface area contributed by atoms with Crippen molar-refractivity contribution in [2.45, 2.75) is 103 Å². The van der Waals surface area contributed by atoms with E-state index in [1.54, 1.807) is 0 Å². The summed E-state index contributed by atoms with van der Waals surface area (Å²) in [5.74, 6) is 0.644. The topological polar surface area (TPSA) is 57.6 Å². The highest BCUT2D eigenvalue weighted by Crippen LogP contribution is 2.23. The molecule has 0 aromatic rings. The van der Waals surface area contributed by atoms with Crippen molar-refractivity contribution in [3.05, 3.63) is 0 Å². The largest absolute Gasteiger partial charge is 0.396 e. The molecule has 0 aromatic heterocycles. The number of rotatable bonds is 14. The summed E-state index contributed by atoms with van der Waals surface area (Å²) in [6, 6.07) is 0.277. The van der Waals surface area contributed by atoms with Gasteiger partial charge in [-0.1, -0.05) is 39.0 Å². The molecule has 24 heavy (non-hydrogen) atoms. The lowest BCUT2D eigenvalue weighted by molar-refractivity contribution is -0.137. The van der Waals surface area contributed by atoms with Crippen molar-refractivity contribution >= 4 is 11.7 Å². The summed E-state index contributed by atoms with van der Waals surface area (Å²) in [6.45, 7) is 3.27. The molecule has 1 rings (SSSR count). The van der Waals surface area contributed by atoms with Gasteiger partial charge >= 0.3 is 0 Å². The number of ketones is 1. The maximum absolute atomic E-state index is 12.2. The molecule has 1 saturated heterocycles. The Bertz CT molecular complexity index is 357. The van der Waals surface area contributed by atoms with Crippen molar-refractivity contribution in [3.63, 3.8) is 0 Å². The predicted octanol–water partition coefficient (Wildman–Crippen LogP) is 4.24. The van der Waals surface area contributed by atoms with Crippen LogP contribution >= 0.6 is 0 Å². The van der Waals surface area contributed by atoms with Crippen LogP contribution in [-0.2, 0) is 9.59 Å². The molecular formula is C20H37NO3. The first kappa shape index (κ1) is 21.1. The van der Waals surface area contributed by atoms with Crippen LogP contribution in [0.15, 0.2) is 0 Å². The smallest absolute Gasteiger partial charge is 0.222 e. The Morgan fingerprint density at radius 2 is 1.83 bits per heavy atom. The Morgan fingerprint density at radius 3 is 2.58 bits per heavy atom. The van der Waals surface area contributed by atoms with Gasteiger partial charge in [-0.3, -0.25) is 9.59 Å². The molecule has 1 atom stereocenters. The van der Waals surface area contributed by atoms with E-state index in [4.69, 9.17) is 5.11 Å². The summed E-state index contributed by atoms with van der Waals surface area (Å²) in [6.07, 6.45) is 13.4. The quantitative estimate of drug-likeness (QED) is 0.482. The molecule has 1 aliphatic heterocycles. The second-order valence-electron chi connectivity index (χ2n) is 7.16. The average molecular weight is 340 g/mol. The monoisotopic (exact) mass is 339 g/mol. The first-order valence-corrected chi connectivity index (χ1v) is 10.1. The summed E-state index contributed by atoms with van der Waals surface area (Å²) in [7, 11) is 0. The fraction of sp³-hybridized carbons (Fsp3) is 0.900. The van der Waals surface area contributed by atoms with Gasteiger partial charge in [-0.05, 0) is 38.5 Å². The highest BCUT2D eigenvalue weighted by atomic mass is 16.3. The maximum Gasteiger partial charge on any atom is 0.222 e. The molecule has 1 aliphatic rings. The van der Waals surface area contributed by atoms with Crippen LogP contribution in [0.25, 0.3) is 0 Å². The molecule has 0 aromatic carbocycles. The molecule has 1 N–H and O–H groups in total. The van der Waals surface area contributed by atoms with Crippen molar-refractivity contribution in [1.82, 2.24) is 4.90 Å². The molecule has 0 saturated carbocycles. The second-order valence-corrected chi connectivity index (χ2v) is 7.16. The number of carbonyl (C=O) groups is 2. The Morgan fingerprint density at radius 1 is 1.08 bits per heavy atom. The van der Waals surface area contributed by atoms with Gasteiger partial charge in [0.15, 0.2) is 0 Å². The van der Waals surface area contributed by atoms with Gasteiger partial charge in [-0.15, -0.1) is 0 Å². The van der Waals surface area contributed by atoms with Crippen LogP contribution in [0.5, 0.6) is 0 Å². The number of unbranched alkanes of at least 4 members (excludes halogenated alkanes) is 6. The number of amides is 1. The van der Waals surface area contributed by atoms with E-state index in [0.717, 1.165) is 77.2 Å². The fourth-order valence-corrected chi connectivity index (χ4v) is 3.55. The van der Waals surface area contributed by atoms with Crippen LogP contribution in [0.2, 0.25) is 0 Å². The first-order chi connectivity index (χ1) is 11.7. The summed E-state index contributed by atoms with van der Waals surface area (Å²) in [4.78, 5) is 26.3. The molecule has 0 bridgehead atoms. The highest BCUT2D eigenvalue weighted by molar-refractivity contribution is 5.79. The lowest BCUT2D eigenvalue weighted by Crippen LogP contribution is -2.44. The van der Waals surface area contributed by atoms with Gasteiger partial charge in [0.2, 0.25) is 5.91 Å². The molecule has 0 aliphatic carbocycles. The Kier molecular flexibility index (Phi) is 11.8. The van der Waals surface area contributed by atoms with E-state index in [1.807, 2.05) is 0 Å². The van der Waals surface area contributed by atoms with Crippen LogP contribution < -0.4 is 0 Å². The lowest BCUT2D eigenvalue weighted by Gasteiger charge is -2.36. The highest BCUT2D eigenvalue weighted by Gasteiger charge is 2.27. The number of aliphatic hydroxyl groups excluding tert-OH is 1. The third-order valence-electron chi connectivity index (χ3n) is 5.06. The summed E-state index contributed by atoms with van der Waals surface area (Å²) >= 11 is 0. The minimum Gasteiger partial charge on any atom is -0.396 e. The fourth-order valence-electron chi connectivity index (χ4n) is 3.55. The average Bonchev–Trinajstić information content (AvgIpc) is 2.58. The van der Waals surface area contributed by atoms with Gasteiger partial charge in [-0.2, -0.15) is 0 Å². The van der Waals surface area contributed by atoms with E-state index in [1.165, 1.54) is 0 Å². The van der Waals surface area contributed by atoms with Crippen molar-refractivity contribution in [3.8, 4) is 0 Å². The van der Waals surface area contributed by atoms with E-state index in [9.17, 15) is 9.59 Å². The minimum absolute atomic E-state index is 0.277. The SMILES string of the molecule is CCCCCC(=O)CCC1CCCC(=O)N1CCCCCCCO. The first-order valence-electron chi connectivity index (χ1n) is 10.1. The number of hydrogen-bond acceptors (Lipinski definition) is 3. The van der Waals surface area contributed by atoms with E-state index in [-0.39, 0.29) is 18.6 Å². The standard InChI is InChI=1S/C20H37NO3/c1-2-3-7-12-19(23)15-14-18-11-10-13-20(24)21(18)16-8-5-4-6-9-17-22/h18,22H,2-17H2,1H3. The van der Waals surface area contributed by atoms with E-state index < -0.39 is 0 Å². The molecule has 1 fully saturated rings. The molecule has 140 valence electrons. The van der Waals surface area contributed by atoms with Crippen molar-refractivity contribution < 1.29 is 14.7 Å². The molecule has 0 spiro atoms. The molecule has 0 radical (unpaired) electrons. The second kappa shape index (κ2) is 13.4. The lowest BCUT2D eigenvalue weighted by atomic mass is 9.95. The molecule has 1 heterocycles. The van der Waals surface area contributed by atoms with Gasteiger partial charge in [-0.25, -0.2) is 0 Å². The normalized spacial score (nSPS) is 18.2. The molecule has 1 unspecified atom stereocenters. The summed E-state index contributed by atoms with van der Waals surface area (Å²) in [5.41, 5.74) is 0. The minimum atomic E-state index is 0.277. The van der Waals surface area contributed by atoms with Crippen molar-refractivity contribution in [2.75, 3.05) is 13.2 Å². The van der Waals surface area contributed by atoms with Gasteiger partial charge < -0.3 is 10.0 Å². The van der Waals surface area contributed by atoms with Crippen molar-refractivity contribution in [2.24, 2.45) is 0 Å². The molecule has 1 amide bonds. The number of likely N-dealkylation sites (tertiary alicyclic amines) is 1. The van der Waals surface area contributed by atoms with Gasteiger partial charge in [0.1, 0.15) is 5.78 Å². The number of Topliss-reactive ketones (excluding diaryl/α,β-unsaturated/α-hetero) is 1. The molecule has 4 heteroatoms. The van der Waals surface area contributed by atoms with Crippen LogP contribution in [0.4, 0.5) is 0 Å². The van der Waals surface area contributed by atoms with Gasteiger partial charge in [0.05, 0.1) is 0 Å². The molecular weight excluding hydrogens is 302 g/mol. The summed E-state index contributed by atoms with van der Waals surface area (Å²) in [5, 5.41) is 8.79. The number of hydrogen-bond donors (Lipinski definition) is 1. The van der Waals surface area contributed by atoms with Gasteiger partial charge in [0.25, 0.3) is 0 Å². The third-order valence-corrected chi connectivity index (χ3v) is 5.06. The van der Waals surface area contributed by atoms with Crippen LogP contribution in [0, 0.1) is 0 Å². The zero-order chi connectivity index (χ0) is 17.6. The Balaban J connectivity index is 2.28. The Hall–Kier alpha value is -0.900. The maximum atomic E-state index is 12.2.